The molecule has 0 radical (unpaired) electrons. The van der Waals surface area contributed by atoms with E-state index in [0.717, 1.165) is 5.57 Å². The molecule has 4 nitrogen and oxygen atoms in total. The fourth-order valence-corrected chi connectivity index (χ4v) is 2.77. The van der Waals surface area contributed by atoms with Gasteiger partial charge in [-0.15, -0.1) is 0 Å². The Kier molecular flexibility index (Phi) is 3.75. The van der Waals surface area contributed by atoms with Gasteiger partial charge in [-0.3, -0.25) is 9.69 Å². The number of carbonyl (C=O) groups excluding carboxylic acids is 1. The third-order valence-corrected chi connectivity index (χ3v) is 3.75. The highest BCUT2D eigenvalue weighted by atomic mass is 16.5. The molecule has 1 fully saturated rings. The van der Waals surface area contributed by atoms with Gasteiger partial charge < -0.3 is 4.74 Å². The Balaban J connectivity index is 3.12. The van der Waals surface area contributed by atoms with Crippen LogP contribution in [0, 0.1) is 17.4 Å². The summed E-state index contributed by atoms with van der Waals surface area (Å²) in [6, 6.07) is 0. The summed E-state index contributed by atoms with van der Waals surface area (Å²) in [5.74, 6) is -0.569. The lowest BCUT2D eigenvalue weighted by atomic mass is 9.71. The number of ether oxygens (including phenoxy) is 1. The summed E-state index contributed by atoms with van der Waals surface area (Å²) in [5, 5.41) is 9.33. The molecule has 1 unspecified atom stereocenters. The van der Waals surface area contributed by atoms with E-state index in [2.05, 4.69) is 12.8 Å². The molecule has 1 heterocycles. The van der Waals surface area contributed by atoms with Gasteiger partial charge in [-0.1, -0.05) is 6.58 Å². The molecule has 1 aliphatic heterocycles. The fraction of sp³-hybridized carbons (Fsp3) is 0.714. The van der Waals surface area contributed by atoms with Gasteiger partial charge in [0.25, 0.3) is 0 Å². The van der Waals surface area contributed by atoms with Crippen molar-refractivity contribution in [2.24, 2.45) is 5.92 Å². The van der Waals surface area contributed by atoms with Crippen LogP contribution in [-0.2, 0) is 9.53 Å². The number of hydrogen-bond donors (Lipinski definition) is 0. The summed E-state index contributed by atoms with van der Waals surface area (Å²) in [5.41, 5.74) is -0.160. The first-order valence-corrected chi connectivity index (χ1v) is 6.24. The van der Waals surface area contributed by atoms with Crippen molar-refractivity contribution in [3.05, 3.63) is 12.2 Å². The van der Waals surface area contributed by atoms with Gasteiger partial charge in [0.2, 0.25) is 0 Å². The smallest absolute Gasteiger partial charge is 0.313 e. The summed E-state index contributed by atoms with van der Waals surface area (Å²) >= 11 is 0. The number of nitrogens with zero attached hydrogens (tertiary/aromatic N) is 2. The van der Waals surface area contributed by atoms with E-state index in [1.165, 1.54) is 0 Å². The van der Waals surface area contributed by atoms with Crippen molar-refractivity contribution in [1.29, 1.82) is 5.26 Å². The number of hydrogen-bond acceptors (Lipinski definition) is 4. The average Bonchev–Trinajstić information content (AvgIpc) is 2.23. The van der Waals surface area contributed by atoms with Gasteiger partial charge in [-0.2, -0.15) is 5.26 Å². The van der Waals surface area contributed by atoms with Crippen LogP contribution < -0.4 is 0 Å². The number of carbonyl (C=O) groups is 1. The second-order valence-corrected chi connectivity index (χ2v) is 5.84. The van der Waals surface area contributed by atoms with E-state index in [0.29, 0.717) is 13.0 Å². The van der Waals surface area contributed by atoms with Crippen molar-refractivity contribution in [2.75, 3.05) is 6.61 Å². The highest BCUT2D eigenvalue weighted by Crippen LogP contribution is 2.44. The van der Waals surface area contributed by atoms with Gasteiger partial charge in [-0.25, -0.2) is 0 Å². The van der Waals surface area contributed by atoms with Gasteiger partial charge in [0.15, 0.2) is 6.19 Å². The minimum atomic E-state index is -0.534. The van der Waals surface area contributed by atoms with Crippen molar-refractivity contribution in [1.82, 2.24) is 4.90 Å². The second kappa shape index (κ2) is 4.64. The molecule has 0 aromatic rings. The van der Waals surface area contributed by atoms with E-state index >= 15 is 0 Å². The normalized spacial score (nSPS) is 25.4. The van der Waals surface area contributed by atoms with Crippen LogP contribution in [0.4, 0.5) is 0 Å². The first-order chi connectivity index (χ1) is 8.18. The third-order valence-electron chi connectivity index (χ3n) is 3.75. The van der Waals surface area contributed by atoms with Crippen molar-refractivity contribution in [2.45, 2.75) is 52.1 Å². The quantitative estimate of drug-likeness (QED) is 0.429. The predicted molar refractivity (Wildman–Crippen MR) is 69.5 cm³/mol. The van der Waals surface area contributed by atoms with Gasteiger partial charge in [0.1, 0.15) is 0 Å². The molecule has 100 valence electrons. The van der Waals surface area contributed by atoms with Gasteiger partial charge in [-0.05, 0) is 46.6 Å². The molecule has 18 heavy (non-hydrogen) atoms. The van der Waals surface area contributed by atoms with Crippen molar-refractivity contribution >= 4 is 5.97 Å². The molecular formula is C14H22N2O2. The molecule has 0 amide bonds. The van der Waals surface area contributed by atoms with Gasteiger partial charge in [0, 0.05) is 5.54 Å². The molecule has 1 atom stereocenters. The minimum absolute atomic E-state index is 0.235. The van der Waals surface area contributed by atoms with Gasteiger partial charge >= 0.3 is 5.97 Å². The van der Waals surface area contributed by atoms with Crippen LogP contribution in [0.1, 0.15) is 41.0 Å². The Morgan fingerprint density at radius 3 is 2.56 bits per heavy atom. The topological polar surface area (TPSA) is 53.3 Å². The largest absolute Gasteiger partial charge is 0.466 e. The molecular weight excluding hydrogens is 228 g/mol. The van der Waals surface area contributed by atoms with E-state index in [1.54, 1.807) is 11.8 Å². The summed E-state index contributed by atoms with van der Waals surface area (Å²) in [4.78, 5) is 13.7. The van der Waals surface area contributed by atoms with Crippen molar-refractivity contribution in [3.8, 4) is 6.19 Å². The zero-order valence-corrected chi connectivity index (χ0v) is 11.9. The molecule has 0 aromatic heterocycles. The molecule has 0 saturated carbocycles. The lowest BCUT2D eigenvalue weighted by molar-refractivity contribution is -0.150. The highest BCUT2D eigenvalue weighted by molar-refractivity contribution is 5.77. The Hall–Kier alpha value is -1.50. The molecule has 1 saturated heterocycles. The van der Waals surface area contributed by atoms with E-state index < -0.39 is 5.54 Å². The molecule has 0 bridgehead atoms. The van der Waals surface area contributed by atoms with Crippen LogP contribution in [0.15, 0.2) is 12.2 Å². The molecule has 1 rings (SSSR count). The minimum Gasteiger partial charge on any atom is -0.466 e. The molecule has 0 aromatic carbocycles. The fourth-order valence-electron chi connectivity index (χ4n) is 2.77. The number of likely N-dealkylation sites (tertiary alicyclic amines) is 1. The summed E-state index contributed by atoms with van der Waals surface area (Å²) < 4.78 is 5.11. The highest BCUT2D eigenvalue weighted by Gasteiger charge is 2.50. The third kappa shape index (κ3) is 2.22. The van der Waals surface area contributed by atoms with E-state index in [9.17, 15) is 10.1 Å². The maximum atomic E-state index is 12.0. The first-order valence-electron chi connectivity index (χ1n) is 6.24. The van der Waals surface area contributed by atoms with Crippen LogP contribution in [0.2, 0.25) is 0 Å². The SMILES string of the molecule is C=C1C(C(=O)OCC)CC(C)(C)N(C#N)C1(C)C. The number of esters is 1. The molecule has 4 heteroatoms. The first kappa shape index (κ1) is 14.6. The Labute approximate surface area is 109 Å². The maximum Gasteiger partial charge on any atom is 0.313 e. The van der Waals surface area contributed by atoms with Crippen LogP contribution in [0.3, 0.4) is 0 Å². The maximum absolute atomic E-state index is 12.0. The Bertz CT molecular complexity index is 405. The number of nitriles is 1. The van der Waals surface area contributed by atoms with E-state index in [1.807, 2.05) is 27.7 Å². The Morgan fingerprint density at radius 2 is 2.11 bits per heavy atom. The lowest BCUT2D eigenvalue weighted by Crippen LogP contribution is -2.60. The zero-order valence-electron chi connectivity index (χ0n) is 11.9. The van der Waals surface area contributed by atoms with E-state index in [4.69, 9.17) is 4.74 Å². The van der Waals surface area contributed by atoms with Crippen LogP contribution in [-0.4, -0.2) is 28.6 Å². The van der Waals surface area contributed by atoms with Crippen LogP contribution in [0.25, 0.3) is 0 Å². The van der Waals surface area contributed by atoms with Crippen LogP contribution >= 0.6 is 0 Å². The number of piperidine rings is 1. The average molecular weight is 250 g/mol. The van der Waals surface area contributed by atoms with E-state index in [-0.39, 0.29) is 17.4 Å². The monoisotopic (exact) mass is 250 g/mol. The molecule has 0 spiro atoms. The predicted octanol–water partition coefficient (Wildman–Crippen LogP) is 2.47. The summed E-state index contributed by atoms with van der Waals surface area (Å²) in [7, 11) is 0. The van der Waals surface area contributed by atoms with Crippen molar-refractivity contribution < 1.29 is 9.53 Å². The second-order valence-electron chi connectivity index (χ2n) is 5.84. The number of rotatable bonds is 2. The summed E-state index contributed by atoms with van der Waals surface area (Å²) in [6.07, 6.45) is 2.78. The van der Waals surface area contributed by atoms with Crippen molar-refractivity contribution in [3.63, 3.8) is 0 Å². The molecule has 1 aliphatic rings. The summed E-state index contributed by atoms with van der Waals surface area (Å²) in [6.45, 7) is 14.0. The molecule has 0 aliphatic carbocycles. The zero-order chi connectivity index (χ0) is 14.1. The molecule has 0 N–H and O–H groups in total. The Morgan fingerprint density at radius 1 is 1.56 bits per heavy atom. The standard InChI is InChI=1S/C14H22N2O2/c1-7-18-12(17)11-8-13(3,4)16(9-15)14(5,6)10(11)2/h11H,2,7-8H2,1,3-6H3. The van der Waals surface area contributed by atoms with Crippen LogP contribution in [0.5, 0.6) is 0 Å². The van der Waals surface area contributed by atoms with Gasteiger partial charge in [0.05, 0.1) is 18.1 Å². The lowest BCUT2D eigenvalue weighted by Gasteiger charge is -2.52.